The van der Waals surface area contributed by atoms with Crippen LogP contribution >= 0.6 is 0 Å². The third-order valence-corrected chi connectivity index (χ3v) is 4.65. The Morgan fingerprint density at radius 2 is 1.76 bits per heavy atom. The molecular formula is C20H12N8O. The highest BCUT2D eigenvalue weighted by Crippen LogP contribution is 2.30. The average Bonchev–Trinajstić information content (AvgIpc) is 3.52. The van der Waals surface area contributed by atoms with E-state index in [2.05, 4.69) is 30.1 Å². The molecule has 138 valence electrons. The Balaban J connectivity index is 1.53. The van der Waals surface area contributed by atoms with Crippen LogP contribution in [0.2, 0.25) is 0 Å². The highest BCUT2D eigenvalue weighted by atomic mass is 16.3. The van der Waals surface area contributed by atoms with Gasteiger partial charge in [-0.2, -0.15) is 5.10 Å². The molecular weight excluding hydrogens is 368 g/mol. The Kier molecular flexibility index (Phi) is 3.27. The van der Waals surface area contributed by atoms with E-state index in [9.17, 15) is 0 Å². The van der Waals surface area contributed by atoms with E-state index in [1.165, 1.54) is 0 Å². The number of hydrogen-bond donors (Lipinski definition) is 2. The van der Waals surface area contributed by atoms with Crippen LogP contribution in [0.1, 0.15) is 0 Å². The zero-order valence-corrected chi connectivity index (χ0v) is 14.9. The molecule has 6 rings (SSSR count). The van der Waals surface area contributed by atoms with E-state index < -0.39 is 0 Å². The van der Waals surface area contributed by atoms with Crippen LogP contribution in [0.5, 0.6) is 0 Å². The van der Waals surface area contributed by atoms with E-state index in [1.54, 1.807) is 37.3 Å². The van der Waals surface area contributed by atoms with Gasteiger partial charge in [-0.25, -0.2) is 9.97 Å². The van der Waals surface area contributed by atoms with Gasteiger partial charge in [0.25, 0.3) is 0 Å². The molecule has 6 aromatic rings. The van der Waals surface area contributed by atoms with Gasteiger partial charge in [-0.3, -0.25) is 20.1 Å². The number of aromatic amines is 2. The lowest BCUT2D eigenvalue weighted by Crippen LogP contribution is -1.89. The van der Waals surface area contributed by atoms with Crippen molar-refractivity contribution >= 4 is 22.1 Å². The molecule has 0 saturated carbocycles. The maximum Gasteiger partial charge on any atom is 0.161 e. The highest BCUT2D eigenvalue weighted by Gasteiger charge is 2.17. The first-order chi connectivity index (χ1) is 14.4. The van der Waals surface area contributed by atoms with Gasteiger partial charge in [-0.1, -0.05) is 0 Å². The van der Waals surface area contributed by atoms with Crippen molar-refractivity contribution in [1.29, 1.82) is 0 Å². The summed E-state index contributed by atoms with van der Waals surface area (Å²) in [5, 5.41) is 7.44. The molecule has 0 atom stereocenters. The van der Waals surface area contributed by atoms with Crippen molar-refractivity contribution in [2.24, 2.45) is 0 Å². The summed E-state index contributed by atoms with van der Waals surface area (Å²) in [6.07, 6.45) is 9.95. The second-order valence-corrected chi connectivity index (χ2v) is 6.41. The summed E-state index contributed by atoms with van der Waals surface area (Å²) in [5.41, 5.74) is 6.74. The van der Waals surface area contributed by atoms with Crippen molar-refractivity contribution in [2.45, 2.75) is 0 Å². The average molecular weight is 380 g/mol. The minimum absolute atomic E-state index is 0.604. The molecule has 0 aromatic carbocycles. The Bertz CT molecular complexity index is 1450. The second-order valence-electron chi connectivity index (χ2n) is 6.41. The molecule has 0 bridgehead atoms. The van der Waals surface area contributed by atoms with Gasteiger partial charge in [0.15, 0.2) is 11.5 Å². The van der Waals surface area contributed by atoms with Crippen LogP contribution in [-0.4, -0.2) is 40.1 Å². The lowest BCUT2D eigenvalue weighted by Gasteiger charge is -1.99. The van der Waals surface area contributed by atoms with Gasteiger partial charge in [0.1, 0.15) is 22.4 Å². The Hall–Kier alpha value is -4.40. The Labute approximate surface area is 162 Å². The van der Waals surface area contributed by atoms with Gasteiger partial charge in [-0.15, -0.1) is 0 Å². The summed E-state index contributed by atoms with van der Waals surface area (Å²) in [6.45, 7) is 0. The maximum atomic E-state index is 5.19. The van der Waals surface area contributed by atoms with E-state index in [0.29, 0.717) is 28.4 Å². The van der Waals surface area contributed by atoms with Crippen molar-refractivity contribution in [3.63, 3.8) is 0 Å². The number of H-pyrrole nitrogens is 2. The molecule has 0 saturated heterocycles. The third kappa shape index (κ3) is 2.48. The molecule has 9 nitrogen and oxygen atoms in total. The Morgan fingerprint density at radius 3 is 2.62 bits per heavy atom. The summed E-state index contributed by atoms with van der Waals surface area (Å²) in [6, 6.07) is 7.54. The zero-order chi connectivity index (χ0) is 19.2. The summed E-state index contributed by atoms with van der Waals surface area (Å²) in [5.74, 6) is 0.604. The van der Waals surface area contributed by atoms with E-state index >= 15 is 0 Å². The van der Waals surface area contributed by atoms with E-state index in [0.717, 1.165) is 27.8 Å². The molecule has 0 amide bonds. The van der Waals surface area contributed by atoms with Crippen molar-refractivity contribution in [3.8, 4) is 34.2 Å². The number of furan rings is 1. The topological polar surface area (TPSA) is 122 Å². The summed E-state index contributed by atoms with van der Waals surface area (Å²) < 4.78 is 5.19. The van der Waals surface area contributed by atoms with Gasteiger partial charge in [0.05, 0.1) is 35.5 Å². The predicted molar refractivity (Wildman–Crippen MR) is 105 cm³/mol. The number of aromatic nitrogens is 8. The molecule has 0 fully saturated rings. The first-order valence-electron chi connectivity index (χ1n) is 8.86. The van der Waals surface area contributed by atoms with Crippen LogP contribution in [0, 0.1) is 0 Å². The molecule has 0 radical (unpaired) electrons. The Morgan fingerprint density at radius 1 is 0.793 bits per heavy atom. The SMILES string of the molecule is c1cnc(-c2ccc3[nH]nc(-c4nc5c(-c6ccoc6)nccc5[nH]4)c3n2)cn1. The minimum Gasteiger partial charge on any atom is -0.472 e. The normalized spacial score (nSPS) is 11.4. The first-order valence-corrected chi connectivity index (χ1v) is 8.86. The number of hydrogen-bond acceptors (Lipinski definition) is 7. The monoisotopic (exact) mass is 380 g/mol. The molecule has 0 aliphatic heterocycles. The van der Waals surface area contributed by atoms with E-state index in [-0.39, 0.29) is 0 Å². The quantitative estimate of drug-likeness (QED) is 0.481. The summed E-state index contributed by atoms with van der Waals surface area (Å²) in [4.78, 5) is 25.7. The fourth-order valence-electron chi connectivity index (χ4n) is 3.30. The molecule has 0 unspecified atom stereocenters. The number of pyridine rings is 2. The van der Waals surface area contributed by atoms with Gasteiger partial charge >= 0.3 is 0 Å². The first kappa shape index (κ1) is 15.6. The molecule has 9 heteroatoms. The number of nitrogens with zero attached hydrogens (tertiary/aromatic N) is 6. The fraction of sp³-hybridized carbons (Fsp3) is 0. The maximum absolute atomic E-state index is 5.19. The molecule has 2 N–H and O–H groups in total. The van der Waals surface area contributed by atoms with Gasteiger partial charge in [0.2, 0.25) is 0 Å². The van der Waals surface area contributed by atoms with E-state index in [4.69, 9.17) is 14.4 Å². The minimum atomic E-state index is 0.604. The predicted octanol–water partition coefficient (Wildman–Crippen LogP) is 3.61. The fourth-order valence-corrected chi connectivity index (χ4v) is 3.30. The zero-order valence-electron chi connectivity index (χ0n) is 14.9. The number of fused-ring (bicyclic) bond motifs is 2. The van der Waals surface area contributed by atoms with Gasteiger partial charge in [0, 0.05) is 24.2 Å². The van der Waals surface area contributed by atoms with Crippen molar-refractivity contribution in [2.75, 3.05) is 0 Å². The van der Waals surface area contributed by atoms with Crippen molar-refractivity contribution < 1.29 is 4.42 Å². The van der Waals surface area contributed by atoms with Crippen molar-refractivity contribution in [3.05, 3.63) is 61.6 Å². The molecule has 0 aliphatic carbocycles. The summed E-state index contributed by atoms with van der Waals surface area (Å²) in [7, 11) is 0. The number of nitrogens with one attached hydrogen (secondary N) is 2. The second kappa shape index (κ2) is 6.06. The van der Waals surface area contributed by atoms with E-state index in [1.807, 2.05) is 24.3 Å². The third-order valence-electron chi connectivity index (χ3n) is 4.65. The van der Waals surface area contributed by atoms with Crippen LogP contribution in [0.4, 0.5) is 0 Å². The summed E-state index contributed by atoms with van der Waals surface area (Å²) >= 11 is 0. The largest absolute Gasteiger partial charge is 0.472 e. The van der Waals surface area contributed by atoms with Crippen LogP contribution in [0.3, 0.4) is 0 Å². The lowest BCUT2D eigenvalue weighted by molar-refractivity contribution is 0.568. The lowest BCUT2D eigenvalue weighted by atomic mass is 10.2. The van der Waals surface area contributed by atoms with Crippen LogP contribution in [0.15, 0.2) is 66.0 Å². The van der Waals surface area contributed by atoms with Crippen molar-refractivity contribution in [1.82, 2.24) is 40.1 Å². The van der Waals surface area contributed by atoms with Crippen LogP contribution in [-0.2, 0) is 0 Å². The highest BCUT2D eigenvalue weighted by molar-refractivity contribution is 5.94. The molecule has 6 aromatic heterocycles. The number of rotatable bonds is 3. The van der Waals surface area contributed by atoms with Gasteiger partial charge < -0.3 is 9.40 Å². The number of imidazole rings is 1. The molecule has 0 aliphatic rings. The van der Waals surface area contributed by atoms with Gasteiger partial charge in [-0.05, 0) is 24.3 Å². The molecule has 6 heterocycles. The van der Waals surface area contributed by atoms with Crippen LogP contribution < -0.4 is 0 Å². The molecule has 29 heavy (non-hydrogen) atoms. The molecule has 0 spiro atoms. The standard InChI is InChI=1S/C20H12N8O/c1-2-14-18(24-12(1)15-9-21-6-7-22-15)19(28-27-14)20-25-13-3-5-23-16(17(13)26-20)11-4-8-29-10-11/h1-10H,(H,25,26)(H,27,28). The smallest absolute Gasteiger partial charge is 0.161 e. The van der Waals surface area contributed by atoms with Crippen LogP contribution in [0.25, 0.3) is 56.2 Å².